The molecule has 3 amide bonds. The number of hydrogen-bond donors (Lipinski definition) is 6. The van der Waals surface area contributed by atoms with Gasteiger partial charge in [0, 0.05) is 0 Å². The molecule has 0 aliphatic carbocycles. The van der Waals surface area contributed by atoms with E-state index in [1.807, 2.05) is 19.2 Å². The molecule has 0 saturated heterocycles. The van der Waals surface area contributed by atoms with Gasteiger partial charge in [0.05, 0.1) is 19.0 Å². The summed E-state index contributed by atoms with van der Waals surface area (Å²) in [7, 11) is 0. The van der Waals surface area contributed by atoms with Crippen molar-refractivity contribution in [1.82, 2.24) is 16.0 Å². The Morgan fingerprint density at radius 2 is 1.54 bits per heavy atom. The molecule has 148 valence electrons. The van der Waals surface area contributed by atoms with Crippen molar-refractivity contribution in [2.24, 2.45) is 11.7 Å². The Hall–Kier alpha value is -2.69. The van der Waals surface area contributed by atoms with E-state index in [4.69, 9.17) is 15.9 Å². The molecule has 0 saturated carbocycles. The minimum Gasteiger partial charge on any atom is -0.481 e. The molecule has 0 spiro atoms. The number of carbonyl (C=O) groups excluding carboxylic acids is 3. The van der Waals surface area contributed by atoms with Crippen LogP contribution in [0.5, 0.6) is 0 Å². The molecule has 0 fully saturated rings. The van der Waals surface area contributed by atoms with E-state index < -0.39 is 60.8 Å². The molecule has 0 aromatic heterocycles. The van der Waals surface area contributed by atoms with Crippen LogP contribution < -0.4 is 21.7 Å². The fourth-order valence-corrected chi connectivity index (χ4v) is 1.94. The Balaban J connectivity index is 4.41. The van der Waals surface area contributed by atoms with Crippen molar-refractivity contribution < 1.29 is 34.2 Å². The minimum atomic E-state index is -1.61. The van der Waals surface area contributed by atoms with Crippen LogP contribution >= 0.6 is 0 Å². The molecule has 0 heterocycles. The van der Waals surface area contributed by atoms with E-state index in [2.05, 4.69) is 10.6 Å². The van der Waals surface area contributed by atoms with E-state index >= 15 is 0 Å². The second-order valence-corrected chi connectivity index (χ2v) is 6.24. The van der Waals surface area contributed by atoms with Gasteiger partial charge in [-0.2, -0.15) is 0 Å². The van der Waals surface area contributed by atoms with Gasteiger partial charge in [0.15, 0.2) is 0 Å². The molecule has 11 nitrogen and oxygen atoms in total. The van der Waals surface area contributed by atoms with Gasteiger partial charge >= 0.3 is 11.9 Å². The number of aliphatic carboxylic acids is 2. The first-order valence-corrected chi connectivity index (χ1v) is 8.01. The molecule has 0 aliphatic heterocycles. The van der Waals surface area contributed by atoms with Crippen LogP contribution in [-0.2, 0) is 24.0 Å². The van der Waals surface area contributed by atoms with Crippen molar-refractivity contribution in [3.63, 3.8) is 0 Å². The average Bonchev–Trinajstić information content (AvgIpc) is 2.50. The zero-order valence-corrected chi connectivity index (χ0v) is 14.9. The average molecular weight is 374 g/mol. The summed E-state index contributed by atoms with van der Waals surface area (Å²) in [6.07, 6.45) is -0.349. The van der Waals surface area contributed by atoms with Gasteiger partial charge in [-0.3, -0.25) is 19.2 Å². The first kappa shape index (κ1) is 23.3. The Kier molecular flexibility index (Phi) is 9.89. The van der Waals surface area contributed by atoms with Crippen LogP contribution in [0.15, 0.2) is 0 Å². The van der Waals surface area contributed by atoms with Crippen molar-refractivity contribution in [2.75, 3.05) is 6.54 Å². The van der Waals surface area contributed by atoms with Crippen molar-refractivity contribution in [2.45, 2.75) is 51.7 Å². The van der Waals surface area contributed by atoms with Gasteiger partial charge in [-0.15, -0.1) is 0 Å². The third kappa shape index (κ3) is 9.57. The summed E-state index contributed by atoms with van der Waals surface area (Å²) >= 11 is 0. The lowest BCUT2D eigenvalue weighted by Gasteiger charge is -2.18. The van der Waals surface area contributed by atoms with E-state index in [1.54, 1.807) is 0 Å². The van der Waals surface area contributed by atoms with Crippen LogP contribution in [-0.4, -0.2) is 64.5 Å². The molecular formula is C15H26N4O7. The molecule has 3 unspecified atom stereocenters. The zero-order chi connectivity index (χ0) is 20.4. The van der Waals surface area contributed by atoms with E-state index in [9.17, 15) is 24.0 Å². The third-order valence-electron chi connectivity index (χ3n) is 3.25. The van der Waals surface area contributed by atoms with Gasteiger partial charge in [-0.25, -0.2) is 4.79 Å². The standard InChI is InChI=1S/C15H26N4O7/c1-7(2)4-9(16)14(24)18-8(3)13(23)17-6-11(20)19-10(15(25)26)5-12(21)22/h7-10H,4-6,16H2,1-3H3,(H,17,23)(H,18,24)(H,19,20)(H,21,22)(H,25,26). The molecule has 0 radical (unpaired) electrons. The van der Waals surface area contributed by atoms with E-state index in [0.717, 1.165) is 0 Å². The van der Waals surface area contributed by atoms with E-state index in [1.165, 1.54) is 6.92 Å². The number of amides is 3. The molecular weight excluding hydrogens is 348 g/mol. The van der Waals surface area contributed by atoms with Crippen molar-refractivity contribution >= 4 is 29.7 Å². The predicted octanol–water partition coefficient (Wildman–Crippen LogP) is -1.98. The van der Waals surface area contributed by atoms with Crippen molar-refractivity contribution in [1.29, 1.82) is 0 Å². The lowest BCUT2D eigenvalue weighted by atomic mass is 10.0. The fraction of sp³-hybridized carbons (Fsp3) is 0.667. The summed E-state index contributed by atoms with van der Waals surface area (Å²) in [4.78, 5) is 56.7. The molecule has 0 bridgehead atoms. The maximum atomic E-state index is 11.9. The van der Waals surface area contributed by atoms with Crippen LogP contribution in [0.1, 0.15) is 33.6 Å². The Morgan fingerprint density at radius 1 is 0.962 bits per heavy atom. The second-order valence-electron chi connectivity index (χ2n) is 6.24. The van der Waals surface area contributed by atoms with E-state index in [-0.39, 0.29) is 5.92 Å². The first-order valence-electron chi connectivity index (χ1n) is 8.01. The SMILES string of the molecule is CC(C)CC(N)C(=O)NC(C)C(=O)NCC(=O)NC(CC(=O)O)C(=O)O. The number of carboxylic acids is 2. The maximum Gasteiger partial charge on any atom is 0.326 e. The number of hydrogen-bond acceptors (Lipinski definition) is 6. The highest BCUT2D eigenvalue weighted by atomic mass is 16.4. The summed E-state index contributed by atoms with van der Waals surface area (Å²) in [5, 5.41) is 24.0. The number of carbonyl (C=O) groups is 5. The largest absolute Gasteiger partial charge is 0.481 e. The summed E-state index contributed by atoms with van der Waals surface area (Å²) in [5.74, 6) is -4.74. The summed E-state index contributed by atoms with van der Waals surface area (Å²) < 4.78 is 0. The highest BCUT2D eigenvalue weighted by molar-refractivity contribution is 5.92. The van der Waals surface area contributed by atoms with Crippen molar-refractivity contribution in [3.8, 4) is 0 Å². The van der Waals surface area contributed by atoms with Gasteiger partial charge < -0.3 is 31.9 Å². The molecule has 0 aliphatic rings. The van der Waals surface area contributed by atoms with Gasteiger partial charge in [0.1, 0.15) is 12.1 Å². The monoisotopic (exact) mass is 374 g/mol. The van der Waals surface area contributed by atoms with Gasteiger partial charge in [0.2, 0.25) is 17.7 Å². The second kappa shape index (κ2) is 11.0. The molecule has 11 heteroatoms. The zero-order valence-electron chi connectivity index (χ0n) is 14.9. The van der Waals surface area contributed by atoms with Gasteiger partial charge in [-0.1, -0.05) is 13.8 Å². The molecule has 0 aromatic rings. The van der Waals surface area contributed by atoms with Gasteiger partial charge in [-0.05, 0) is 19.3 Å². The summed E-state index contributed by atoms with van der Waals surface area (Å²) in [6.45, 7) is 4.63. The summed E-state index contributed by atoms with van der Waals surface area (Å²) in [6, 6.07) is -3.33. The smallest absolute Gasteiger partial charge is 0.326 e. The lowest BCUT2D eigenvalue weighted by Crippen LogP contribution is -2.52. The third-order valence-corrected chi connectivity index (χ3v) is 3.25. The Morgan fingerprint density at radius 3 is 2.00 bits per heavy atom. The normalized spacial score (nSPS) is 14.0. The van der Waals surface area contributed by atoms with Crippen LogP contribution in [0, 0.1) is 5.92 Å². The highest BCUT2D eigenvalue weighted by Crippen LogP contribution is 2.02. The predicted molar refractivity (Wildman–Crippen MR) is 89.9 cm³/mol. The fourth-order valence-electron chi connectivity index (χ4n) is 1.94. The van der Waals surface area contributed by atoms with Crippen LogP contribution in [0.3, 0.4) is 0 Å². The molecule has 0 rings (SSSR count). The Labute approximate surface area is 150 Å². The Bertz CT molecular complexity index is 550. The van der Waals surface area contributed by atoms with Gasteiger partial charge in [0.25, 0.3) is 0 Å². The molecule has 3 atom stereocenters. The number of carboxylic acid groups (broad SMARTS) is 2. The topological polar surface area (TPSA) is 188 Å². The molecule has 26 heavy (non-hydrogen) atoms. The number of nitrogens with two attached hydrogens (primary N) is 1. The van der Waals surface area contributed by atoms with Crippen molar-refractivity contribution in [3.05, 3.63) is 0 Å². The highest BCUT2D eigenvalue weighted by Gasteiger charge is 2.24. The molecule has 0 aromatic carbocycles. The lowest BCUT2D eigenvalue weighted by molar-refractivity contribution is -0.147. The quantitative estimate of drug-likeness (QED) is 0.240. The van der Waals surface area contributed by atoms with Crippen LogP contribution in [0.4, 0.5) is 0 Å². The van der Waals surface area contributed by atoms with Crippen LogP contribution in [0.25, 0.3) is 0 Å². The minimum absolute atomic E-state index is 0.205. The van der Waals surface area contributed by atoms with E-state index in [0.29, 0.717) is 6.42 Å². The first-order chi connectivity index (χ1) is 11.9. The number of rotatable bonds is 11. The van der Waals surface area contributed by atoms with Crippen LogP contribution in [0.2, 0.25) is 0 Å². The summed E-state index contributed by atoms with van der Waals surface area (Å²) in [5.41, 5.74) is 5.70. The number of nitrogens with one attached hydrogen (secondary N) is 3. The molecule has 7 N–H and O–H groups in total. The maximum absolute atomic E-state index is 11.9.